The van der Waals surface area contributed by atoms with Crippen molar-refractivity contribution in [3.05, 3.63) is 95.6 Å². The van der Waals surface area contributed by atoms with E-state index in [1.807, 2.05) is 67.6 Å². The number of hydrogen-bond donors (Lipinski definition) is 1. The van der Waals surface area contributed by atoms with Crippen LogP contribution in [-0.4, -0.2) is 36.4 Å². The van der Waals surface area contributed by atoms with Crippen molar-refractivity contribution in [1.82, 2.24) is 4.90 Å². The molecule has 3 aromatic carbocycles. The van der Waals surface area contributed by atoms with E-state index < -0.39 is 6.10 Å². The summed E-state index contributed by atoms with van der Waals surface area (Å²) in [6, 6.07) is 26.2. The number of aliphatic hydroxyl groups is 1. The molecule has 1 atom stereocenters. The van der Waals surface area contributed by atoms with Crippen molar-refractivity contribution in [3.63, 3.8) is 0 Å². The van der Waals surface area contributed by atoms with Crippen LogP contribution in [0.25, 0.3) is 0 Å². The number of aliphatic hydroxyl groups excluding tert-OH is 1. The van der Waals surface area contributed by atoms with Crippen LogP contribution < -0.4 is 9.47 Å². The van der Waals surface area contributed by atoms with Crippen molar-refractivity contribution in [2.24, 2.45) is 0 Å². The number of aryl methyl sites for hydroxylation is 1. The molecular weight excluding hydrogens is 362 g/mol. The van der Waals surface area contributed by atoms with Crippen molar-refractivity contribution in [3.8, 4) is 11.5 Å². The molecule has 152 valence electrons. The van der Waals surface area contributed by atoms with Crippen LogP contribution in [-0.2, 0) is 13.1 Å². The molecule has 29 heavy (non-hydrogen) atoms. The summed E-state index contributed by atoms with van der Waals surface area (Å²) < 4.78 is 11.2. The second kappa shape index (κ2) is 10.6. The van der Waals surface area contributed by atoms with Crippen molar-refractivity contribution < 1.29 is 14.6 Å². The Labute approximate surface area is 173 Å². The van der Waals surface area contributed by atoms with Gasteiger partial charge in [-0.15, -0.1) is 0 Å². The fourth-order valence-corrected chi connectivity index (χ4v) is 3.31. The van der Waals surface area contributed by atoms with Gasteiger partial charge in [-0.1, -0.05) is 60.7 Å². The minimum atomic E-state index is -0.594. The molecule has 4 nitrogen and oxygen atoms in total. The quantitative estimate of drug-likeness (QED) is 0.555. The van der Waals surface area contributed by atoms with Gasteiger partial charge in [0.25, 0.3) is 0 Å². The molecule has 0 heterocycles. The monoisotopic (exact) mass is 391 g/mol. The predicted molar refractivity (Wildman–Crippen MR) is 116 cm³/mol. The average molecular weight is 392 g/mol. The molecule has 0 amide bonds. The topological polar surface area (TPSA) is 41.9 Å². The van der Waals surface area contributed by atoms with Gasteiger partial charge >= 0.3 is 0 Å². The molecule has 0 radical (unpaired) electrons. The lowest BCUT2D eigenvalue weighted by Crippen LogP contribution is -2.35. The van der Waals surface area contributed by atoms with Gasteiger partial charge in [-0.05, 0) is 41.8 Å². The highest BCUT2D eigenvalue weighted by atomic mass is 16.5. The summed E-state index contributed by atoms with van der Waals surface area (Å²) in [5.74, 6) is 1.65. The first kappa shape index (κ1) is 20.9. The third-order valence-electron chi connectivity index (χ3n) is 4.78. The molecule has 0 bridgehead atoms. The summed E-state index contributed by atoms with van der Waals surface area (Å²) in [5, 5.41) is 10.6. The Morgan fingerprint density at radius 1 is 0.862 bits per heavy atom. The number of nitrogens with zero attached hydrogens (tertiary/aromatic N) is 1. The van der Waals surface area contributed by atoms with Gasteiger partial charge in [0.05, 0.1) is 7.11 Å². The molecule has 0 aliphatic carbocycles. The largest absolute Gasteiger partial charge is 0.497 e. The molecule has 4 heteroatoms. The maximum atomic E-state index is 10.6. The molecule has 0 saturated heterocycles. The maximum absolute atomic E-state index is 10.6. The normalized spacial score (nSPS) is 12.0. The van der Waals surface area contributed by atoms with Crippen LogP contribution in [0.1, 0.15) is 16.7 Å². The third-order valence-corrected chi connectivity index (χ3v) is 4.78. The zero-order chi connectivity index (χ0) is 20.5. The Morgan fingerprint density at radius 3 is 2.31 bits per heavy atom. The highest BCUT2D eigenvalue weighted by Crippen LogP contribution is 2.18. The number of ether oxygens (including phenoxy) is 2. The van der Waals surface area contributed by atoms with E-state index in [0.29, 0.717) is 13.1 Å². The Hall–Kier alpha value is -2.82. The van der Waals surface area contributed by atoms with Crippen molar-refractivity contribution in [2.45, 2.75) is 26.1 Å². The van der Waals surface area contributed by atoms with Gasteiger partial charge in [0.1, 0.15) is 24.2 Å². The molecule has 1 N–H and O–H groups in total. The van der Waals surface area contributed by atoms with Crippen LogP contribution in [0.4, 0.5) is 0 Å². The lowest BCUT2D eigenvalue weighted by molar-refractivity contribution is 0.0626. The second-order valence-corrected chi connectivity index (χ2v) is 7.24. The summed E-state index contributed by atoms with van der Waals surface area (Å²) in [6.45, 7) is 4.24. The van der Waals surface area contributed by atoms with E-state index in [9.17, 15) is 5.11 Å². The number of hydrogen-bond acceptors (Lipinski definition) is 4. The van der Waals surface area contributed by atoms with Crippen molar-refractivity contribution >= 4 is 0 Å². The van der Waals surface area contributed by atoms with E-state index >= 15 is 0 Å². The zero-order valence-electron chi connectivity index (χ0n) is 17.1. The Kier molecular flexibility index (Phi) is 7.68. The molecule has 3 rings (SSSR count). The van der Waals surface area contributed by atoms with Gasteiger partial charge in [0.2, 0.25) is 0 Å². The molecular formula is C25H29NO3. The Morgan fingerprint density at radius 2 is 1.55 bits per heavy atom. The fraction of sp³-hybridized carbons (Fsp3) is 0.280. The van der Waals surface area contributed by atoms with Gasteiger partial charge in [0, 0.05) is 19.6 Å². The van der Waals surface area contributed by atoms with E-state index in [1.54, 1.807) is 7.11 Å². The first-order valence-corrected chi connectivity index (χ1v) is 9.90. The summed E-state index contributed by atoms with van der Waals surface area (Å²) in [7, 11) is 1.67. The van der Waals surface area contributed by atoms with Gasteiger partial charge < -0.3 is 14.6 Å². The number of rotatable bonds is 10. The first-order valence-electron chi connectivity index (χ1n) is 9.90. The minimum Gasteiger partial charge on any atom is -0.497 e. The highest BCUT2D eigenvalue weighted by Gasteiger charge is 2.15. The van der Waals surface area contributed by atoms with Crippen LogP contribution in [0.15, 0.2) is 78.9 Å². The minimum absolute atomic E-state index is 0.258. The van der Waals surface area contributed by atoms with Gasteiger partial charge in [-0.3, -0.25) is 4.90 Å². The van der Waals surface area contributed by atoms with Crippen LogP contribution in [0, 0.1) is 6.92 Å². The molecule has 0 fully saturated rings. The van der Waals surface area contributed by atoms with Crippen molar-refractivity contribution in [2.75, 3.05) is 20.3 Å². The summed E-state index contributed by atoms with van der Waals surface area (Å²) in [4.78, 5) is 2.23. The maximum Gasteiger partial charge on any atom is 0.122 e. The summed E-state index contributed by atoms with van der Waals surface area (Å²) >= 11 is 0. The first-order chi connectivity index (χ1) is 14.1. The highest BCUT2D eigenvalue weighted by molar-refractivity contribution is 5.31. The van der Waals surface area contributed by atoms with Crippen LogP contribution in [0.2, 0.25) is 0 Å². The molecule has 0 aliphatic rings. The second-order valence-electron chi connectivity index (χ2n) is 7.24. The van der Waals surface area contributed by atoms with Gasteiger partial charge in [0.15, 0.2) is 0 Å². The predicted octanol–water partition coefficient (Wildman–Crippen LogP) is 4.45. The number of benzene rings is 3. The van der Waals surface area contributed by atoms with Crippen molar-refractivity contribution in [1.29, 1.82) is 0 Å². The van der Waals surface area contributed by atoms with Gasteiger partial charge in [-0.2, -0.15) is 0 Å². The van der Waals surface area contributed by atoms with E-state index in [0.717, 1.165) is 29.2 Å². The third kappa shape index (κ3) is 6.63. The Balaban J connectivity index is 1.65. The Bertz CT molecular complexity index is 882. The number of methoxy groups -OCH3 is 1. The van der Waals surface area contributed by atoms with Crippen LogP contribution >= 0.6 is 0 Å². The van der Waals surface area contributed by atoms with E-state index in [2.05, 4.69) is 23.1 Å². The van der Waals surface area contributed by atoms with E-state index in [-0.39, 0.29) is 6.61 Å². The van der Waals surface area contributed by atoms with Gasteiger partial charge in [-0.25, -0.2) is 0 Å². The zero-order valence-corrected chi connectivity index (χ0v) is 17.1. The molecule has 0 aromatic heterocycles. The molecule has 0 saturated carbocycles. The van der Waals surface area contributed by atoms with Crippen LogP contribution in [0.3, 0.4) is 0 Å². The lowest BCUT2D eigenvalue weighted by Gasteiger charge is -2.26. The lowest BCUT2D eigenvalue weighted by atomic mass is 10.1. The smallest absolute Gasteiger partial charge is 0.122 e. The van der Waals surface area contributed by atoms with Crippen LogP contribution in [0.5, 0.6) is 11.5 Å². The standard InChI is InChI=1S/C25H29NO3/c1-20-9-6-7-14-25(20)29-19-23(27)18-26(16-21-10-4-3-5-11-21)17-22-12-8-13-24(15-22)28-2/h3-15,23,27H,16-19H2,1-2H3/t23-/m0/s1. The summed E-state index contributed by atoms with van der Waals surface area (Å²) in [6.07, 6.45) is -0.594. The molecule has 0 aliphatic heterocycles. The summed E-state index contributed by atoms with van der Waals surface area (Å²) in [5.41, 5.74) is 3.42. The number of para-hydroxylation sites is 1. The molecule has 0 spiro atoms. The van der Waals surface area contributed by atoms with E-state index in [4.69, 9.17) is 9.47 Å². The SMILES string of the molecule is COc1cccc(CN(Cc2ccccc2)C[C@H](O)COc2ccccc2C)c1. The molecule has 0 unspecified atom stereocenters. The van der Waals surface area contributed by atoms with E-state index in [1.165, 1.54) is 5.56 Å². The molecule has 3 aromatic rings. The fourth-order valence-electron chi connectivity index (χ4n) is 3.31. The average Bonchev–Trinajstić information content (AvgIpc) is 2.74.